The van der Waals surface area contributed by atoms with Crippen LogP contribution in [0, 0.1) is 5.41 Å². The monoisotopic (exact) mass is 242 g/mol. The standard InChI is InChI=1S/C11H18N2O4/c1-11(2,3)9(10(17)12-4)13-7(14)5-6-8(15)16/h5-6,9H,1-4H3,(H,12,17)(H,13,14)(H,15,16)/b6-5+/t9-/m0/s1. The van der Waals surface area contributed by atoms with Crippen LogP contribution in [0.25, 0.3) is 0 Å². The summed E-state index contributed by atoms with van der Waals surface area (Å²) in [7, 11) is 1.47. The Labute approximate surface area is 100 Å². The molecule has 3 N–H and O–H groups in total. The third kappa shape index (κ3) is 5.70. The Morgan fingerprint density at radius 1 is 1.18 bits per heavy atom. The van der Waals surface area contributed by atoms with Crippen molar-refractivity contribution in [3.63, 3.8) is 0 Å². The van der Waals surface area contributed by atoms with Crippen LogP contribution in [0.2, 0.25) is 0 Å². The number of nitrogens with one attached hydrogen (secondary N) is 2. The molecule has 0 aromatic heterocycles. The lowest BCUT2D eigenvalue weighted by molar-refractivity contribution is -0.131. The van der Waals surface area contributed by atoms with Crippen molar-refractivity contribution in [3.05, 3.63) is 12.2 Å². The second kappa shape index (κ2) is 6.03. The lowest BCUT2D eigenvalue weighted by Crippen LogP contribution is -2.52. The minimum atomic E-state index is -1.22. The fourth-order valence-corrected chi connectivity index (χ4v) is 1.16. The van der Waals surface area contributed by atoms with E-state index in [1.54, 1.807) is 20.8 Å². The van der Waals surface area contributed by atoms with E-state index in [0.717, 1.165) is 12.2 Å². The SMILES string of the molecule is CNC(=O)[C@H](NC(=O)/C=C/C(=O)O)C(C)(C)C. The third-order valence-corrected chi connectivity index (χ3v) is 2.04. The summed E-state index contributed by atoms with van der Waals surface area (Å²) in [4.78, 5) is 33.2. The van der Waals surface area contributed by atoms with Crippen molar-refractivity contribution in [2.45, 2.75) is 26.8 Å². The van der Waals surface area contributed by atoms with Gasteiger partial charge in [-0.05, 0) is 5.41 Å². The van der Waals surface area contributed by atoms with Gasteiger partial charge < -0.3 is 15.7 Å². The van der Waals surface area contributed by atoms with Gasteiger partial charge >= 0.3 is 5.97 Å². The summed E-state index contributed by atoms with van der Waals surface area (Å²) in [5.41, 5.74) is -0.465. The van der Waals surface area contributed by atoms with E-state index in [2.05, 4.69) is 10.6 Å². The average Bonchev–Trinajstić information content (AvgIpc) is 2.20. The summed E-state index contributed by atoms with van der Waals surface area (Å²) >= 11 is 0. The first-order valence-corrected chi connectivity index (χ1v) is 5.11. The number of carbonyl (C=O) groups excluding carboxylic acids is 2. The molecular weight excluding hydrogens is 224 g/mol. The van der Waals surface area contributed by atoms with Crippen molar-refractivity contribution in [2.75, 3.05) is 7.05 Å². The Balaban J connectivity index is 4.72. The molecule has 0 aliphatic heterocycles. The molecule has 1 atom stereocenters. The van der Waals surface area contributed by atoms with E-state index >= 15 is 0 Å². The van der Waals surface area contributed by atoms with E-state index < -0.39 is 23.3 Å². The summed E-state index contributed by atoms with van der Waals surface area (Å²) in [5, 5.41) is 13.3. The smallest absolute Gasteiger partial charge is 0.328 e. The van der Waals surface area contributed by atoms with Crippen molar-refractivity contribution >= 4 is 17.8 Å². The zero-order valence-corrected chi connectivity index (χ0v) is 10.4. The van der Waals surface area contributed by atoms with Crippen LogP contribution in [0.1, 0.15) is 20.8 Å². The van der Waals surface area contributed by atoms with E-state index in [-0.39, 0.29) is 5.91 Å². The largest absolute Gasteiger partial charge is 0.478 e. The van der Waals surface area contributed by atoms with Crippen LogP contribution in [-0.4, -0.2) is 36.0 Å². The summed E-state index contributed by atoms with van der Waals surface area (Å²) in [6.07, 6.45) is 1.60. The first-order chi connectivity index (χ1) is 7.68. The van der Waals surface area contributed by atoms with Gasteiger partial charge in [-0.3, -0.25) is 9.59 Å². The van der Waals surface area contributed by atoms with Gasteiger partial charge in [-0.1, -0.05) is 20.8 Å². The highest BCUT2D eigenvalue weighted by Gasteiger charge is 2.31. The molecule has 6 heteroatoms. The maximum Gasteiger partial charge on any atom is 0.328 e. The lowest BCUT2D eigenvalue weighted by atomic mass is 9.86. The molecule has 0 bridgehead atoms. The van der Waals surface area contributed by atoms with Crippen LogP contribution in [0.15, 0.2) is 12.2 Å². The Bertz CT molecular complexity index is 342. The molecule has 0 radical (unpaired) electrons. The van der Waals surface area contributed by atoms with E-state index in [0.29, 0.717) is 0 Å². The molecule has 0 heterocycles. The lowest BCUT2D eigenvalue weighted by Gasteiger charge is -2.29. The first kappa shape index (κ1) is 15.2. The van der Waals surface area contributed by atoms with Gasteiger partial charge in [-0.25, -0.2) is 4.79 Å². The molecule has 0 aromatic rings. The summed E-state index contributed by atoms with van der Waals surface area (Å²) < 4.78 is 0. The van der Waals surface area contributed by atoms with Gasteiger partial charge in [0.15, 0.2) is 0 Å². The Morgan fingerprint density at radius 2 is 1.71 bits per heavy atom. The number of carbonyl (C=O) groups is 3. The molecule has 17 heavy (non-hydrogen) atoms. The second-order valence-electron chi connectivity index (χ2n) is 4.59. The van der Waals surface area contributed by atoms with Gasteiger partial charge in [-0.2, -0.15) is 0 Å². The van der Waals surface area contributed by atoms with Crippen molar-refractivity contribution in [1.29, 1.82) is 0 Å². The molecule has 0 aliphatic carbocycles. The second-order valence-corrected chi connectivity index (χ2v) is 4.59. The molecule has 0 aromatic carbocycles. The van der Waals surface area contributed by atoms with Crippen LogP contribution in [-0.2, 0) is 14.4 Å². The molecule has 96 valence electrons. The number of carboxylic acids is 1. The van der Waals surface area contributed by atoms with Gasteiger partial charge in [0.2, 0.25) is 11.8 Å². The predicted octanol–water partition coefficient (Wildman–Crippen LogP) is -0.0959. The molecule has 0 fully saturated rings. The molecule has 0 unspecified atom stereocenters. The van der Waals surface area contributed by atoms with Crippen LogP contribution < -0.4 is 10.6 Å². The van der Waals surface area contributed by atoms with Crippen molar-refractivity contribution in [2.24, 2.45) is 5.41 Å². The van der Waals surface area contributed by atoms with Gasteiger partial charge in [0, 0.05) is 19.2 Å². The van der Waals surface area contributed by atoms with E-state index in [4.69, 9.17) is 5.11 Å². The van der Waals surface area contributed by atoms with Crippen LogP contribution in [0.3, 0.4) is 0 Å². The van der Waals surface area contributed by atoms with E-state index in [9.17, 15) is 14.4 Å². The highest BCUT2D eigenvalue weighted by molar-refractivity contribution is 5.96. The van der Waals surface area contributed by atoms with Gasteiger partial charge in [0.25, 0.3) is 0 Å². The number of carboxylic acid groups (broad SMARTS) is 1. The quantitative estimate of drug-likeness (QED) is 0.600. The maximum absolute atomic E-state index is 11.6. The number of likely N-dealkylation sites (N-methyl/N-ethyl adjacent to an activating group) is 1. The number of aliphatic carboxylic acids is 1. The highest BCUT2D eigenvalue weighted by Crippen LogP contribution is 2.19. The van der Waals surface area contributed by atoms with Gasteiger partial charge in [-0.15, -0.1) is 0 Å². The Hall–Kier alpha value is -1.85. The minimum absolute atomic E-state index is 0.324. The molecule has 0 aliphatic rings. The van der Waals surface area contributed by atoms with Crippen LogP contribution >= 0.6 is 0 Å². The Kier molecular flexibility index (Phi) is 5.37. The van der Waals surface area contributed by atoms with E-state index in [1.807, 2.05) is 0 Å². The molecule has 6 nitrogen and oxygen atoms in total. The maximum atomic E-state index is 11.6. The number of hydrogen-bond acceptors (Lipinski definition) is 3. The highest BCUT2D eigenvalue weighted by atomic mass is 16.4. The zero-order chi connectivity index (χ0) is 13.6. The van der Waals surface area contributed by atoms with Crippen LogP contribution in [0.4, 0.5) is 0 Å². The molecule has 0 spiro atoms. The van der Waals surface area contributed by atoms with Crippen molar-refractivity contribution in [3.8, 4) is 0 Å². The topological polar surface area (TPSA) is 95.5 Å². The fourth-order valence-electron chi connectivity index (χ4n) is 1.16. The van der Waals surface area contributed by atoms with Crippen molar-refractivity contribution < 1.29 is 19.5 Å². The molecule has 0 saturated heterocycles. The number of amides is 2. The predicted molar refractivity (Wildman–Crippen MR) is 62.2 cm³/mol. The molecule has 0 saturated carbocycles. The molecule has 2 amide bonds. The normalized spacial score (nSPS) is 13.2. The van der Waals surface area contributed by atoms with Gasteiger partial charge in [0.05, 0.1) is 0 Å². The zero-order valence-electron chi connectivity index (χ0n) is 10.4. The fraction of sp³-hybridized carbons (Fsp3) is 0.545. The minimum Gasteiger partial charge on any atom is -0.478 e. The van der Waals surface area contributed by atoms with Crippen LogP contribution in [0.5, 0.6) is 0 Å². The Morgan fingerprint density at radius 3 is 2.06 bits per heavy atom. The summed E-state index contributed by atoms with van der Waals surface area (Å²) in [6.45, 7) is 5.40. The van der Waals surface area contributed by atoms with E-state index in [1.165, 1.54) is 7.05 Å². The van der Waals surface area contributed by atoms with Crippen molar-refractivity contribution in [1.82, 2.24) is 10.6 Å². The third-order valence-electron chi connectivity index (χ3n) is 2.04. The molecule has 0 rings (SSSR count). The first-order valence-electron chi connectivity index (χ1n) is 5.11. The number of hydrogen-bond donors (Lipinski definition) is 3. The average molecular weight is 242 g/mol. The number of rotatable bonds is 4. The summed E-state index contributed by atoms with van der Waals surface area (Å²) in [5.74, 6) is -2.15. The molecular formula is C11H18N2O4. The van der Waals surface area contributed by atoms with Gasteiger partial charge in [0.1, 0.15) is 6.04 Å². The summed E-state index contributed by atoms with van der Waals surface area (Å²) in [6, 6.07) is -0.724.